The van der Waals surface area contributed by atoms with Crippen LogP contribution in [0.3, 0.4) is 0 Å². The van der Waals surface area contributed by atoms with E-state index in [0.717, 1.165) is 12.1 Å². The van der Waals surface area contributed by atoms with E-state index < -0.39 is 33.9 Å². The molecule has 8 rings (SSSR count). The fourth-order valence-corrected chi connectivity index (χ4v) is 6.98. The first-order valence-electron chi connectivity index (χ1n) is 11.8. The monoisotopic (exact) mass is 544 g/mol. The summed E-state index contributed by atoms with van der Waals surface area (Å²) < 4.78 is 0. The van der Waals surface area contributed by atoms with Crippen LogP contribution in [0, 0.1) is 13.8 Å². The molecule has 0 saturated heterocycles. The zero-order valence-corrected chi connectivity index (χ0v) is 19.8. The Hall–Kier alpha value is -3.60. The third kappa shape index (κ3) is 2.49. The Kier molecular flexibility index (Phi) is 4.59. The molecular formula is C30H17KO8. The van der Waals surface area contributed by atoms with Gasteiger partial charge < -0.3 is 30.6 Å². The number of benzene rings is 8. The summed E-state index contributed by atoms with van der Waals surface area (Å²) in [4.78, 5) is 27.8. The summed E-state index contributed by atoms with van der Waals surface area (Å²) in [5, 5.41) is 68.4. The van der Waals surface area contributed by atoms with E-state index in [1.54, 1.807) is 13.8 Å². The molecule has 39 heavy (non-hydrogen) atoms. The van der Waals surface area contributed by atoms with Crippen molar-refractivity contribution in [3.63, 3.8) is 0 Å². The van der Waals surface area contributed by atoms with E-state index >= 15 is 0 Å². The van der Waals surface area contributed by atoms with Gasteiger partial charge in [-0.25, -0.2) is 0 Å². The van der Waals surface area contributed by atoms with Crippen molar-refractivity contribution in [1.29, 1.82) is 0 Å². The number of phenols is 6. The molecule has 0 bridgehead atoms. The molecule has 0 aliphatic carbocycles. The molecule has 0 heterocycles. The van der Waals surface area contributed by atoms with Crippen molar-refractivity contribution in [2.45, 2.75) is 13.8 Å². The van der Waals surface area contributed by atoms with Gasteiger partial charge in [-0.05, 0) is 47.9 Å². The Balaban J connectivity index is 0.00000253. The third-order valence-corrected chi connectivity index (χ3v) is 8.24. The van der Waals surface area contributed by atoms with Gasteiger partial charge in [0.2, 0.25) is 10.9 Å². The Bertz CT molecular complexity index is 2180. The second-order valence-electron chi connectivity index (χ2n) is 10.2. The molecule has 0 spiro atoms. The van der Waals surface area contributed by atoms with Gasteiger partial charge in [0.1, 0.15) is 34.5 Å². The molecule has 0 atom stereocenters. The van der Waals surface area contributed by atoms with Gasteiger partial charge in [0.15, 0.2) is 0 Å². The average Bonchev–Trinajstić information content (AvgIpc) is 2.82. The summed E-state index contributed by atoms with van der Waals surface area (Å²) in [6.07, 6.45) is 0. The van der Waals surface area contributed by atoms with Crippen LogP contribution in [-0.2, 0) is 0 Å². The van der Waals surface area contributed by atoms with E-state index in [4.69, 9.17) is 0 Å². The second kappa shape index (κ2) is 7.32. The summed E-state index contributed by atoms with van der Waals surface area (Å²) in [6.45, 7) is 3.51. The van der Waals surface area contributed by atoms with Crippen LogP contribution in [0.15, 0.2) is 33.9 Å². The number of hydrogen-bond donors (Lipinski definition) is 6. The fourth-order valence-electron chi connectivity index (χ4n) is 6.98. The molecule has 0 fully saturated rings. The van der Waals surface area contributed by atoms with Gasteiger partial charge in [-0.1, -0.05) is 0 Å². The third-order valence-electron chi connectivity index (χ3n) is 8.24. The number of aryl methyl sites for hydroxylation is 2. The van der Waals surface area contributed by atoms with Crippen LogP contribution in [0.25, 0.3) is 75.4 Å². The zero-order valence-electron chi connectivity index (χ0n) is 19.8. The topological polar surface area (TPSA) is 156 Å². The molecule has 6 N–H and O–H groups in total. The molecule has 0 aromatic heterocycles. The quantitative estimate of drug-likeness (QED) is 0.0930. The van der Waals surface area contributed by atoms with E-state index in [0.29, 0.717) is 43.4 Å². The fraction of sp³-hybridized carbons (Fsp3) is 0.0667. The van der Waals surface area contributed by atoms with E-state index in [-0.39, 0.29) is 106 Å². The predicted octanol–water partition coefficient (Wildman–Crippen LogP) is 4.43. The van der Waals surface area contributed by atoms with Crippen molar-refractivity contribution in [2.75, 3.05) is 0 Å². The molecule has 0 unspecified atom stereocenters. The number of phenolic OH excluding ortho intramolecular Hbond substituents is 6. The standard InChI is InChI=1S/C30H16O8.K.H/c1-7-3-9(31)19-23-15(7)16-8(2)4-10(32)20-24(16)28-26-18(12(34)6-14(36)22(26)30(20)38)17-11(33)5-13(35)21(29(19)37)25(17)27(23)28;;/h3-6,31-36H,1-2H3;;. The Morgan fingerprint density at radius 1 is 0.359 bits per heavy atom. The molecule has 9 heteroatoms. The van der Waals surface area contributed by atoms with Gasteiger partial charge in [0.05, 0.1) is 21.5 Å². The molecule has 0 saturated carbocycles. The SMILES string of the molecule is Cc1cc(O)c2c(=O)c3c(O)cc(O)c4c5c(O)cc(O)c6c(=O)c7c(O)cc(C)c8c1c2c(c34)c(c78)c65.[KH]. The molecule has 8 aromatic carbocycles. The van der Waals surface area contributed by atoms with Crippen LogP contribution < -0.4 is 10.9 Å². The van der Waals surface area contributed by atoms with E-state index in [9.17, 15) is 40.2 Å². The van der Waals surface area contributed by atoms with Crippen LogP contribution in [-0.4, -0.2) is 82.0 Å². The molecule has 186 valence electrons. The summed E-state index contributed by atoms with van der Waals surface area (Å²) in [6, 6.07) is 4.86. The van der Waals surface area contributed by atoms with Crippen LogP contribution in [0.2, 0.25) is 0 Å². The summed E-state index contributed by atoms with van der Waals surface area (Å²) in [5.74, 6) is -2.51. The van der Waals surface area contributed by atoms with Crippen LogP contribution in [0.5, 0.6) is 34.5 Å². The summed E-state index contributed by atoms with van der Waals surface area (Å²) in [7, 11) is 0. The van der Waals surface area contributed by atoms with Crippen molar-refractivity contribution >= 4 is 127 Å². The van der Waals surface area contributed by atoms with E-state index in [2.05, 4.69) is 0 Å². The zero-order chi connectivity index (χ0) is 26.7. The Morgan fingerprint density at radius 3 is 0.923 bits per heavy atom. The van der Waals surface area contributed by atoms with Crippen molar-refractivity contribution in [3.05, 3.63) is 55.8 Å². The van der Waals surface area contributed by atoms with Crippen LogP contribution >= 0.6 is 0 Å². The number of rotatable bonds is 0. The number of aromatic hydroxyl groups is 6. The van der Waals surface area contributed by atoms with E-state index in [1.807, 2.05) is 0 Å². The number of fused-ring (bicyclic) bond motifs is 2. The van der Waals surface area contributed by atoms with Crippen molar-refractivity contribution < 1.29 is 30.6 Å². The summed E-state index contributed by atoms with van der Waals surface area (Å²) in [5.41, 5.74) is -0.112. The number of hydrogen-bond acceptors (Lipinski definition) is 8. The average molecular weight is 545 g/mol. The van der Waals surface area contributed by atoms with Crippen molar-refractivity contribution in [3.8, 4) is 34.5 Å². The normalized spacial score (nSPS) is 12.5. The van der Waals surface area contributed by atoms with Crippen LogP contribution in [0.1, 0.15) is 11.1 Å². The maximum atomic E-state index is 13.9. The van der Waals surface area contributed by atoms with Gasteiger partial charge in [0, 0.05) is 55.2 Å². The van der Waals surface area contributed by atoms with Gasteiger partial charge >= 0.3 is 51.4 Å². The minimum atomic E-state index is -0.661. The molecule has 0 radical (unpaired) electrons. The molecule has 0 aliphatic heterocycles. The first-order valence-corrected chi connectivity index (χ1v) is 11.8. The molecule has 0 aliphatic rings. The predicted molar refractivity (Wildman–Crippen MR) is 153 cm³/mol. The molecule has 0 amide bonds. The molecule has 8 nitrogen and oxygen atoms in total. The van der Waals surface area contributed by atoms with Crippen LogP contribution in [0.4, 0.5) is 0 Å². The van der Waals surface area contributed by atoms with E-state index in [1.165, 1.54) is 12.1 Å². The van der Waals surface area contributed by atoms with Gasteiger partial charge in [-0.2, -0.15) is 0 Å². The van der Waals surface area contributed by atoms with Gasteiger partial charge in [-0.15, -0.1) is 0 Å². The maximum absolute atomic E-state index is 13.9. The molecular weight excluding hydrogens is 527 g/mol. The molecule has 8 aromatic rings. The first-order chi connectivity index (χ1) is 18.0. The Labute approximate surface area is 259 Å². The van der Waals surface area contributed by atoms with Gasteiger partial charge in [-0.3, -0.25) is 9.59 Å². The van der Waals surface area contributed by atoms with Crippen molar-refractivity contribution in [2.24, 2.45) is 0 Å². The first kappa shape index (κ1) is 24.4. The van der Waals surface area contributed by atoms with Gasteiger partial charge in [0.25, 0.3) is 0 Å². The second-order valence-corrected chi connectivity index (χ2v) is 10.2. The minimum absolute atomic E-state index is 0. The summed E-state index contributed by atoms with van der Waals surface area (Å²) >= 11 is 0. The Morgan fingerprint density at radius 2 is 0.590 bits per heavy atom. The van der Waals surface area contributed by atoms with Crippen molar-refractivity contribution in [1.82, 2.24) is 0 Å².